The van der Waals surface area contributed by atoms with Crippen molar-refractivity contribution < 1.29 is 4.92 Å². The topological polar surface area (TPSA) is 55.2 Å². The molecule has 0 radical (unpaired) electrons. The lowest BCUT2D eigenvalue weighted by atomic mass is 10.1. The maximum Gasteiger partial charge on any atom is 0.273 e. The molecule has 0 aromatic heterocycles. The van der Waals surface area contributed by atoms with E-state index in [1.54, 1.807) is 6.07 Å². The Bertz CT molecular complexity index is 454. The first kappa shape index (κ1) is 13.5. The zero-order chi connectivity index (χ0) is 12.8. The first-order chi connectivity index (χ1) is 8.04. The third-order valence-corrected chi connectivity index (χ3v) is 2.54. The Balaban J connectivity index is 2.79. The van der Waals surface area contributed by atoms with Gasteiger partial charge >= 0.3 is 0 Å². The Morgan fingerprint density at radius 1 is 1.65 bits per heavy atom. The van der Waals surface area contributed by atoms with Gasteiger partial charge in [-0.3, -0.25) is 10.1 Å². The molecule has 0 fully saturated rings. The number of nitro benzene ring substituents is 1. The van der Waals surface area contributed by atoms with Gasteiger partial charge in [-0.25, -0.2) is 0 Å². The molecule has 0 saturated carbocycles. The molecule has 1 aromatic rings. The van der Waals surface area contributed by atoms with Crippen molar-refractivity contribution >= 4 is 17.3 Å². The van der Waals surface area contributed by atoms with Gasteiger partial charge in [0.2, 0.25) is 0 Å². The molecule has 0 heterocycles. The molecule has 0 aliphatic heterocycles. The largest absolute Gasteiger partial charge is 0.309 e. The molecule has 1 N–H and O–H groups in total. The highest BCUT2D eigenvalue weighted by Gasteiger charge is 2.14. The zero-order valence-corrected chi connectivity index (χ0v) is 10.2. The molecule has 0 saturated heterocycles. The smallest absolute Gasteiger partial charge is 0.273 e. The molecule has 0 spiro atoms. The minimum atomic E-state index is -0.417. The fourth-order valence-corrected chi connectivity index (χ4v) is 1.60. The summed E-state index contributed by atoms with van der Waals surface area (Å²) in [6.45, 7) is 2.30. The Morgan fingerprint density at radius 2 is 2.35 bits per heavy atom. The van der Waals surface area contributed by atoms with Crippen molar-refractivity contribution in [2.45, 2.75) is 25.9 Å². The predicted octanol–water partition coefficient (Wildman–Crippen LogP) is 2.75. The summed E-state index contributed by atoms with van der Waals surface area (Å²) in [4.78, 5) is 10.4. The van der Waals surface area contributed by atoms with Crippen molar-refractivity contribution in [1.82, 2.24) is 5.32 Å². The fraction of sp³-hybridized carbons (Fsp3) is 0.333. The van der Waals surface area contributed by atoms with Crippen molar-refractivity contribution in [3.63, 3.8) is 0 Å². The van der Waals surface area contributed by atoms with Crippen LogP contribution in [0.3, 0.4) is 0 Å². The second kappa shape index (κ2) is 6.24. The van der Waals surface area contributed by atoms with Crippen LogP contribution in [0.5, 0.6) is 0 Å². The molecule has 1 rings (SSSR count). The van der Waals surface area contributed by atoms with Crippen LogP contribution in [0.2, 0.25) is 5.02 Å². The number of terminal acetylenes is 1. The van der Waals surface area contributed by atoms with Crippen LogP contribution in [0.1, 0.15) is 18.9 Å². The normalized spacial score (nSPS) is 11.8. The van der Waals surface area contributed by atoms with Gasteiger partial charge in [0, 0.05) is 35.7 Å². The van der Waals surface area contributed by atoms with Gasteiger partial charge in [0.15, 0.2) is 0 Å². The van der Waals surface area contributed by atoms with Crippen molar-refractivity contribution in [2.75, 3.05) is 0 Å². The van der Waals surface area contributed by atoms with Gasteiger partial charge in [-0.15, -0.1) is 12.3 Å². The molecule has 4 nitrogen and oxygen atoms in total. The van der Waals surface area contributed by atoms with E-state index >= 15 is 0 Å². The van der Waals surface area contributed by atoms with E-state index in [0.29, 0.717) is 23.6 Å². The van der Waals surface area contributed by atoms with Crippen molar-refractivity contribution in [1.29, 1.82) is 0 Å². The van der Waals surface area contributed by atoms with Gasteiger partial charge in [-0.2, -0.15) is 0 Å². The molecule has 1 atom stereocenters. The maximum atomic E-state index is 10.8. The summed E-state index contributed by atoms with van der Waals surface area (Å²) >= 11 is 5.82. The zero-order valence-electron chi connectivity index (χ0n) is 9.44. The number of hydrogen-bond acceptors (Lipinski definition) is 3. The highest BCUT2D eigenvalue weighted by molar-refractivity contribution is 6.30. The van der Waals surface area contributed by atoms with Gasteiger partial charge in [0.05, 0.1) is 4.92 Å². The van der Waals surface area contributed by atoms with E-state index in [0.717, 1.165) is 0 Å². The molecule has 0 bridgehead atoms. The molecular weight excluding hydrogens is 240 g/mol. The molecule has 0 amide bonds. The van der Waals surface area contributed by atoms with Gasteiger partial charge in [-0.05, 0) is 19.1 Å². The first-order valence-electron chi connectivity index (χ1n) is 5.14. The first-order valence-corrected chi connectivity index (χ1v) is 5.52. The van der Waals surface area contributed by atoms with Crippen molar-refractivity contribution in [3.8, 4) is 12.3 Å². The van der Waals surface area contributed by atoms with Crippen LogP contribution in [0.25, 0.3) is 0 Å². The van der Waals surface area contributed by atoms with Crippen molar-refractivity contribution in [2.24, 2.45) is 0 Å². The number of rotatable bonds is 5. The molecular formula is C12H13ClN2O2. The Morgan fingerprint density at radius 3 is 2.94 bits per heavy atom. The Kier molecular flexibility index (Phi) is 4.95. The van der Waals surface area contributed by atoms with Crippen LogP contribution < -0.4 is 5.32 Å². The van der Waals surface area contributed by atoms with Crippen LogP contribution in [-0.2, 0) is 6.54 Å². The second-order valence-electron chi connectivity index (χ2n) is 3.72. The number of benzene rings is 1. The summed E-state index contributed by atoms with van der Waals surface area (Å²) < 4.78 is 0. The highest BCUT2D eigenvalue weighted by Crippen LogP contribution is 2.22. The van der Waals surface area contributed by atoms with E-state index in [2.05, 4.69) is 11.2 Å². The standard InChI is InChI=1S/C12H13ClN2O2/c1-3-4-9(2)14-8-10-7-11(13)5-6-12(10)15(16)17/h1,5-7,9,14H,4,8H2,2H3. The summed E-state index contributed by atoms with van der Waals surface area (Å²) in [5.41, 5.74) is 0.626. The van der Waals surface area contributed by atoms with Crippen LogP contribution in [0, 0.1) is 22.5 Å². The van der Waals surface area contributed by atoms with Gasteiger partial charge in [0.1, 0.15) is 0 Å². The summed E-state index contributed by atoms with van der Waals surface area (Å²) in [5, 5.41) is 14.4. The monoisotopic (exact) mass is 252 g/mol. The highest BCUT2D eigenvalue weighted by atomic mass is 35.5. The van der Waals surface area contributed by atoms with Crippen LogP contribution in [0.4, 0.5) is 5.69 Å². The lowest BCUT2D eigenvalue weighted by molar-refractivity contribution is -0.385. The third kappa shape index (κ3) is 4.06. The molecule has 5 heteroatoms. The average molecular weight is 253 g/mol. The number of halogens is 1. The SMILES string of the molecule is C#CCC(C)NCc1cc(Cl)ccc1[N+](=O)[O-]. The van der Waals surface area contributed by atoms with Crippen molar-refractivity contribution in [3.05, 3.63) is 38.9 Å². The third-order valence-electron chi connectivity index (χ3n) is 2.30. The van der Waals surface area contributed by atoms with Crippen LogP contribution in [0.15, 0.2) is 18.2 Å². The van der Waals surface area contributed by atoms with E-state index in [9.17, 15) is 10.1 Å². The summed E-state index contributed by atoms with van der Waals surface area (Å²) in [6.07, 6.45) is 5.76. The molecule has 0 aliphatic rings. The van der Waals surface area contributed by atoms with Gasteiger partial charge < -0.3 is 5.32 Å². The Hall–Kier alpha value is -1.57. The lowest BCUT2D eigenvalue weighted by Gasteiger charge is -2.11. The van der Waals surface area contributed by atoms with E-state index in [-0.39, 0.29) is 11.7 Å². The minimum Gasteiger partial charge on any atom is -0.309 e. The second-order valence-corrected chi connectivity index (χ2v) is 4.16. The van der Waals surface area contributed by atoms with E-state index < -0.39 is 4.92 Å². The Labute approximate surface area is 105 Å². The van der Waals surface area contributed by atoms with E-state index in [1.165, 1.54) is 12.1 Å². The average Bonchev–Trinajstić information content (AvgIpc) is 2.26. The summed E-state index contributed by atoms with van der Waals surface area (Å²) in [5.74, 6) is 2.53. The molecule has 90 valence electrons. The fourth-order valence-electron chi connectivity index (χ4n) is 1.41. The van der Waals surface area contributed by atoms with Gasteiger partial charge in [-0.1, -0.05) is 11.6 Å². The van der Waals surface area contributed by atoms with E-state index in [1.807, 2.05) is 6.92 Å². The lowest BCUT2D eigenvalue weighted by Crippen LogP contribution is -2.25. The quantitative estimate of drug-likeness (QED) is 0.498. The number of nitrogens with zero attached hydrogens (tertiary/aromatic N) is 1. The molecule has 1 unspecified atom stereocenters. The molecule has 0 aliphatic carbocycles. The number of nitro groups is 1. The minimum absolute atomic E-state index is 0.0646. The number of hydrogen-bond donors (Lipinski definition) is 1. The van der Waals surface area contributed by atoms with Crippen LogP contribution >= 0.6 is 11.6 Å². The summed E-state index contributed by atoms with van der Waals surface area (Å²) in [6, 6.07) is 4.62. The number of nitrogens with one attached hydrogen (secondary N) is 1. The van der Waals surface area contributed by atoms with Crippen LogP contribution in [-0.4, -0.2) is 11.0 Å². The maximum absolute atomic E-state index is 10.8. The van der Waals surface area contributed by atoms with Gasteiger partial charge in [0.25, 0.3) is 5.69 Å². The molecule has 1 aromatic carbocycles. The predicted molar refractivity (Wildman–Crippen MR) is 67.9 cm³/mol. The summed E-state index contributed by atoms with van der Waals surface area (Å²) in [7, 11) is 0. The van der Waals surface area contributed by atoms with E-state index in [4.69, 9.17) is 18.0 Å². The molecule has 17 heavy (non-hydrogen) atoms.